The molecule has 0 spiro atoms. The van der Waals surface area contributed by atoms with E-state index in [9.17, 15) is 13.2 Å². The molecule has 0 N–H and O–H groups in total. The van der Waals surface area contributed by atoms with Gasteiger partial charge in [0.05, 0.1) is 12.8 Å². The second-order valence-electron chi connectivity index (χ2n) is 3.94. The zero-order chi connectivity index (χ0) is 13.2. The molecule has 6 nitrogen and oxygen atoms in total. The Labute approximate surface area is 105 Å². The highest BCUT2D eigenvalue weighted by Crippen LogP contribution is 2.21. The summed E-state index contributed by atoms with van der Waals surface area (Å²) < 4.78 is 31.3. The number of hydrogen-bond donors (Lipinski definition) is 0. The number of para-hydroxylation sites is 1. The Kier molecular flexibility index (Phi) is 3.53. The van der Waals surface area contributed by atoms with E-state index in [0.717, 1.165) is 6.26 Å². The second-order valence-corrected chi connectivity index (χ2v) is 5.58. The Morgan fingerprint density at radius 3 is 2.67 bits per heavy atom. The Morgan fingerprint density at radius 1 is 1.39 bits per heavy atom. The zero-order valence-corrected chi connectivity index (χ0v) is 10.6. The summed E-state index contributed by atoms with van der Waals surface area (Å²) in [5.41, 5.74) is 0.712. The highest BCUT2D eigenvalue weighted by molar-refractivity contribution is 7.85. The maximum atomic E-state index is 11.6. The van der Waals surface area contributed by atoms with Crippen molar-refractivity contribution in [1.82, 2.24) is 0 Å². The average molecular weight is 271 g/mol. The molecule has 1 aliphatic rings. The first-order valence-electron chi connectivity index (χ1n) is 5.33. The molecule has 1 amide bonds. The van der Waals surface area contributed by atoms with Crippen molar-refractivity contribution in [2.24, 2.45) is 0 Å². The van der Waals surface area contributed by atoms with Crippen molar-refractivity contribution in [1.29, 1.82) is 0 Å². The van der Waals surface area contributed by atoms with Crippen molar-refractivity contribution in [2.75, 3.05) is 24.3 Å². The Bertz CT molecular complexity index is 528. The van der Waals surface area contributed by atoms with Crippen LogP contribution in [0.2, 0.25) is 0 Å². The van der Waals surface area contributed by atoms with Crippen LogP contribution in [0.25, 0.3) is 0 Å². The van der Waals surface area contributed by atoms with Gasteiger partial charge in [0, 0.05) is 5.69 Å². The van der Waals surface area contributed by atoms with Crippen LogP contribution in [0.1, 0.15) is 0 Å². The molecule has 1 saturated heterocycles. The first-order valence-corrected chi connectivity index (χ1v) is 7.15. The molecule has 0 unspecified atom stereocenters. The Morgan fingerprint density at radius 2 is 2.06 bits per heavy atom. The van der Waals surface area contributed by atoms with Crippen molar-refractivity contribution < 1.29 is 22.1 Å². The molecule has 1 atom stereocenters. The smallest absolute Gasteiger partial charge is 0.414 e. The monoisotopic (exact) mass is 271 g/mol. The lowest BCUT2D eigenvalue weighted by Gasteiger charge is -2.12. The molecule has 0 aliphatic carbocycles. The van der Waals surface area contributed by atoms with Crippen LogP contribution in [0.4, 0.5) is 10.5 Å². The van der Waals surface area contributed by atoms with Crippen LogP contribution in [0.5, 0.6) is 0 Å². The van der Waals surface area contributed by atoms with Gasteiger partial charge in [-0.2, -0.15) is 8.42 Å². The predicted octanol–water partition coefficient (Wildman–Crippen LogP) is 0.988. The molecular weight excluding hydrogens is 258 g/mol. The number of carbonyl (C=O) groups excluding carboxylic acids is 1. The molecule has 18 heavy (non-hydrogen) atoms. The number of hydrogen-bond acceptors (Lipinski definition) is 5. The van der Waals surface area contributed by atoms with E-state index in [1.165, 1.54) is 4.90 Å². The normalized spacial score (nSPS) is 19.9. The lowest BCUT2D eigenvalue weighted by atomic mass is 10.3. The molecule has 1 aliphatic heterocycles. The number of ether oxygens (including phenoxy) is 1. The Balaban J connectivity index is 1.99. The summed E-state index contributed by atoms with van der Waals surface area (Å²) in [6.07, 6.45) is -0.116. The van der Waals surface area contributed by atoms with E-state index in [-0.39, 0.29) is 13.2 Å². The lowest BCUT2D eigenvalue weighted by molar-refractivity contribution is 0.107. The molecular formula is C11H13NO5S. The molecule has 1 aromatic rings. The quantitative estimate of drug-likeness (QED) is 0.763. The van der Waals surface area contributed by atoms with Gasteiger partial charge in [0.1, 0.15) is 12.7 Å². The van der Waals surface area contributed by atoms with Gasteiger partial charge < -0.3 is 4.74 Å². The van der Waals surface area contributed by atoms with Crippen molar-refractivity contribution >= 4 is 21.9 Å². The summed E-state index contributed by atoms with van der Waals surface area (Å²) >= 11 is 0. The van der Waals surface area contributed by atoms with E-state index in [0.29, 0.717) is 5.69 Å². The molecule has 7 heteroatoms. The van der Waals surface area contributed by atoms with E-state index in [1.54, 1.807) is 12.1 Å². The fourth-order valence-corrected chi connectivity index (χ4v) is 2.03. The first kappa shape index (κ1) is 12.8. The van der Waals surface area contributed by atoms with Crippen LogP contribution in [0, 0.1) is 0 Å². The van der Waals surface area contributed by atoms with Gasteiger partial charge in [-0.15, -0.1) is 0 Å². The van der Waals surface area contributed by atoms with Gasteiger partial charge in [0.25, 0.3) is 10.1 Å². The van der Waals surface area contributed by atoms with E-state index in [4.69, 9.17) is 4.74 Å². The summed E-state index contributed by atoms with van der Waals surface area (Å²) in [6, 6.07) is 9.02. The topological polar surface area (TPSA) is 72.9 Å². The number of benzene rings is 1. The molecule has 98 valence electrons. The fraction of sp³-hybridized carbons (Fsp3) is 0.364. The molecule has 1 aromatic carbocycles. The third-order valence-electron chi connectivity index (χ3n) is 2.41. The summed E-state index contributed by atoms with van der Waals surface area (Å²) in [6.45, 7) is 0.117. The van der Waals surface area contributed by atoms with E-state index in [1.807, 2.05) is 18.2 Å². The van der Waals surface area contributed by atoms with Gasteiger partial charge in [-0.1, -0.05) is 18.2 Å². The van der Waals surface area contributed by atoms with Crippen molar-refractivity contribution in [3.05, 3.63) is 30.3 Å². The second kappa shape index (κ2) is 4.95. The van der Waals surface area contributed by atoms with Gasteiger partial charge in [-0.05, 0) is 12.1 Å². The van der Waals surface area contributed by atoms with Crippen molar-refractivity contribution in [3.8, 4) is 0 Å². The molecule has 2 rings (SSSR count). The van der Waals surface area contributed by atoms with E-state index < -0.39 is 22.3 Å². The number of rotatable bonds is 4. The largest absolute Gasteiger partial charge is 0.441 e. The number of nitrogens with zero attached hydrogens (tertiary/aromatic N) is 1. The van der Waals surface area contributed by atoms with Gasteiger partial charge in [0.2, 0.25) is 0 Å². The minimum atomic E-state index is -3.52. The summed E-state index contributed by atoms with van der Waals surface area (Å²) in [4.78, 5) is 13.0. The van der Waals surface area contributed by atoms with Crippen LogP contribution in [-0.4, -0.2) is 40.0 Å². The average Bonchev–Trinajstić information content (AvgIpc) is 2.68. The minimum Gasteiger partial charge on any atom is -0.441 e. The van der Waals surface area contributed by atoms with Gasteiger partial charge in [-0.25, -0.2) is 4.79 Å². The number of cyclic esters (lactones) is 1. The lowest BCUT2D eigenvalue weighted by Crippen LogP contribution is -2.26. The predicted molar refractivity (Wildman–Crippen MR) is 64.9 cm³/mol. The fourth-order valence-electron chi connectivity index (χ4n) is 1.63. The Hall–Kier alpha value is -1.60. The highest BCUT2D eigenvalue weighted by atomic mass is 32.2. The number of anilines is 1. The SMILES string of the molecule is CS(=O)(=O)OC[C@H]1CN(c2ccccc2)C(=O)O1. The third-order valence-corrected chi connectivity index (χ3v) is 2.97. The van der Waals surface area contributed by atoms with Crippen LogP contribution < -0.4 is 4.90 Å². The number of amides is 1. The molecule has 1 fully saturated rings. The molecule has 0 radical (unpaired) electrons. The molecule has 0 saturated carbocycles. The van der Waals surface area contributed by atoms with Crippen LogP contribution in [-0.2, 0) is 19.0 Å². The maximum absolute atomic E-state index is 11.6. The zero-order valence-electron chi connectivity index (χ0n) is 9.78. The summed E-state index contributed by atoms with van der Waals surface area (Å²) in [5.74, 6) is 0. The highest BCUT2D eigenvalue weighted by Gasteiger charge is 2.33. The van der Waals surface area contributed by atoms with Crippen molar-refractivity contribution in [2.45, 2.75) is 6.10 Å². The standard InChI is InChI=1S/C11H13NO5S/c1-18(14,15)16-8-10-7-12(11(13)17-10)9-5-3-2-4-6-9/h2-6,10H,7-8H2,1H3/t10-/m1/s1. The first-order chi connectivity index (χ1) is 8.46. The molecule has 0 bridgehead atoms. The third kappa shape index (κ3) is 3.21. The van der Waals surface area contributed by atoms with Crippen molar-refractivity contribution in [3.63, 3.8) is 0 Å². The maximum Gasteiger partial charge on any atom is 0.414 e. The van der Waals surface area contributed by atoms with Gasteiger partial charge >= 0.3 is 6.09 Å². The van der Waals surface area contributed by atoms with Gasteiger partial charge in [-0.3, -0.25) is 9.08 Å². The summed E-state index contributed by atoms with van der Waals surface area (Å²) in [5, 5.41) is 0. The number of carbonyl (C=O) groups is 1. The van der Waals surface area contributed by atoms with Crippen LogP contribution in [0.3, 0.4) is 0 Å². The van der Waals surface area contributed by atoms with Gasteiger partial charge in [0.15, 0.2) is 0 Å². The minimum absolute atomic E-state index is 0.159. The van der Waals surface area contributed by atoms with Crippen LogP contribution >= 0.6 is 0 Å². The van der Waals surface area contributed by atoms with Crippen LogP contribution in [0.15, 0.2) is 30.3 Å². The summed E-state index contributed by atoms with van der Waals surface area (Å²) in [7, 11) is -3.52. The van der Waals surface area contributed by atoms with E-state index in [2.05, 4.69) is 4.18 Å². The molecule has 1 heterocycles. The van der Waals surface area contributed by atoms with E-state index >= 15 is 0 Å². The molecule has 0 aromatic heterocycles.